The Bertz CT molecular complexity index is 2290. The van der Waals surface area contributed by atoms with Crippen molar-refractivity contribution in [2.75, 3.05) is 0 Å². The van der Waals surface area contributed by atoms with Crippen molar-refractivity contribution in [1.82, 2.24) is 0 Å². The van der Waals surface area contributed by atoms with E-state index in [0.29, 0.717) is 29.1 Å². The molecular weight excluding hydrogens is 799 g/mol. The topological polar surface area (TPSA) is 0 Å². The maximum Gasteiger partial charge on any atom is -1.00 e. The first-order chi connectivity index (χ1) is 25.8. The molecule has 4 saturated carbocycles. The third-order valence-corrected chi connectivity index (χ3v) is 25.9. The molecule has 0 nitrogen and oxygen atoms in total. The van der Waals surface area contributed by atoms with Gasteiger partial charge < -0.3 is 24.8 Å². The zero-order chi connectivity index (χ0) is 37.5. The van der Waals surface area contributed by atoms with E-state index in [2.05, 4.69) is 145 Å². The van der Waals surface area contributed by atoms with Crippen molar-refractivity contribution in [1.29, 1.82) is 0 Å². The molecule has 4 fully saturated rings. The third kappa shape index (κ3) is 5.62. The van der Waals surface area contributed by atoms with Crippen LogP contribution in [0.5, 0.6) is 0 Å². The number of hydrogen-bond donors (Lipinski definition) is 0. The fraction of sp³-hybridized carbons (Fsp3) is 0.491. The van der Waals surface area contributed by atoms with E-state index in [-0.39, 0.29) is 33.4 Å². The Morgan fingerprint density at radius 3 is 1.98 bits per heavy atom. The second kappa shape index (κ2) is 14.3. The largest absolute Gasteiger partial charge is 1.00 e. The van der Waals surface area contributed by atoms with Crippen molar-refractivity contribution in [2.24, 2.45) is 40.4 Å². The van der Waals surface area contributed by atoms with E-state index < -0.39 is 21.3 Å². The normalized spacial score (nSPS) is 34.4. The summed E-state index contributed by atoms with van der Waals surface area (Å²) in [6.45, 7) is 23.1. The molecule has 7 aliphatic carbocycles. The molecule has 0 spiro atoms. The van der Waals surface area contributed by atoms with Crippen LogP contribution in [-0.2, 0) is 30.8 Å². The number of aryl methyl sites for hydroxylation is 1. The van der Waals surface area contributed by atoms with Gasteiger partial charge in [-0.25, -0.2) is 0 Å². The van der Waals surface area contributed by atoms with Crippen molar-refractivity contribution in [3.05, 3.63) is 127 Å². The van der Waals surface area contributed by atoms with E-state index in [1.54, 1.807) is 31.1 Å². The van der Waals surface area contributed by atoms with Gasteiger partial charge in [-0.1, -0.05) is 0 Å². The molecule has 11 rings (SSSR count). The number of allylic oxidation sites excluding steroid dienone is 4. The summed E-state index contributed by atoms with van der Waals surface area (Å²) in [4.78, 5) is 0. The first-order valence-electron chi connectivity index (χ1n) is 21.7. The predicted molar refractivity (Wildman–Crippen MR) is 227 cm³/mol. The van der Waals surface area contributed by atoms with E-state index in [9.17, 15) is 0 Å². The van der Waals surface area contributed by atoms with Crippen LogP contribution in [0.4, 0.5) is 0 Å². The second-order valence-corrected chi connectivity index (χ2v) is 27.1. The van der Waals surface area contributed by atoms with Crippen LogP contribution >= 0.6 is 0 Å². The SMILES string of the molecule is Cc1cc2c(c(C)c1C)C(C)c1c3c(c4ccccc4c1-2)C(C)C(C)C(C)[C]3(C)[Zr+2](=[CH]Cc1ccccc1)[C]1=CC(C)(C23CC4CC(CC(C4)C2)C3)C=C1.[Cl-].[Cl-]. The van der Waals surface area contributed by atoms with E-state index in [0.717, 1.165) is 24.2 Å². The fourth-order valence-corrected chi connectivity index (χ4v) is 23.6. The summed E-state index contributed by atoms with van der Waals surface area (Å²) in [5, 5.41) is 3.02. The van der Waals surface area contributed by atoms with E-state index in [1.165, 1.54) is 77.1 Å². The molecule has 4 aromatic rings. The van der Waals surface area contributed by atoms with Crippen molar-refractivity contribution >= 4 is 14.5 Å². The summed E-state index contributed by atoms with van der Waals surface area (Å²) < 4.78 is 4.89. The van der Waals surface area contributed by atoms with Crippen LogP contribution in [-0.4, -0.2) is 3.71 Å². The predicted octanol–water partition coefficient (Wildman–Crippen LogP) is 7.85. The summed E-state index contributed by atoms with van der Waals surface area (Å²) in [6.07, 6.45) is 18.5. The van der Waals surface area contributed by atoms with Gasteiger partial charge in [0.05, 0.1) is 0 Å². The van der Waals surface area contributed by atoms with Gasteiger partial charge in [-0.2, -0.15) is 0 Å². The minimum atomic E-state index is -2.70. The van der Waals surface area contributed by atoms with Crippen LogP contribution in [0, 0.1) is 61.2 Å². The number of halogens is 2. The zero-order valence-electron chi connectivity index (χ0n) is 35.3. The van der Waals surface area contributed by atoms with E-state index in [4.69, 9.17) is 0 Å². The molecule has 292 valence electrons. The Morgan fingerprint density at radius 1 is 0.732 bits per heavy atom. The first kappa shape index (κ1) is 40.7. The number of benzene rings is 4. The molecule has 0 saturated heterocycles. The molecule has 3 heteroatoms. The molecule has 4 bridgehead atoms. The van der Waals surface area contributed by atoms with Gasteiger partial charge in [0.2, 0.25) is 0 Å². The molecule has 56 heavy (non-hydrogen) atoms. The van der Waals surface area contributed by atoms with Gasteiger partial charge >= 0.3 is 336 Å². The Hall–Kier alpha value is -2.05. The van der Waals surface area contributed by atoms with Gasteiger partial charge in [0, 0.05) is 0 Å². The minimum absolute atomic E-state index is 0. The average Bonchev–Trinajstić information content (AvgIpc) is 3.70. The molecule has 6 unspecified atom stereocenters. The monoisotopic (exact) mass is 858 g/mol. The van der Waals surface area contributed by atoms with Crippen LogP contribution < -0.4 is 24.8 Å². The average molecular weight is 861 g/mol. The summed E-state index contributed by atoms with van der Waals surface area (Å²) >= 11 is -2.70. The standard InChI is InChI=1S/C29H33.C16H21.C8H8.2ClH.Zr/c1-14-13-24-25(18(5)15(14)2)21(8)28-27-20(7)17(4)16(3)19(6)26(27)22-11-9-10-12-23(22)29(24)28;1-15(4-2-3-5-15)16-9-12-6-13(10-16)8-14(7-12)11-16;1-2-8-6-4-3-5-7-8;;;/h9-13,16-17,19,21H,1-8H3;2,4-5,12-14H,6-11H2,1H3;1,3-7H,2H2;2*1H;/q;;;;;+2/p-2. The van der Waals surface area contributed by atoms with E-state index >= 15 is 0 Å². The Morgan fingerprint density at radius 2 is 1.34 bits per heavy atom. The summed E-state index contributed by atoms with van der Waals surface area (Å²) in [6, 6.07) is 23.6. The maximum atomic E-state index is 2.98. The molecule has 4 aromatic carbocycles. The van der Waals surface area contributed by atoms with Crippen LogP contribution in [0.1, 0.15) is 136 Å². The van der Waals surface area contributed by atoms with E-state index in [1.807, 2.05) is 0 Å². The van der Waals surface area contributed by atoms with Crippen LogP contribution in [0.3, 0.4) is 0 Å². The van der Waals surface area contributed by atoms with Gasteiger partial charge in [-0.05, 0) is 0 Å². The molecule has 0 N–H and O–H groups in total. The molecule has 0 aromatic heterocycles. The van der Waals surface area contributed by atoms with Gasteiger partial charge in [-0.3, -0.25) is 0 Å². The summed E-state index contributed by atoms with van der Waals surface area (Å²) in [7, 11) is 0. The fourth-order valence-electron chi connectivity index (χ4n) is 14.5. The summed E-state index contributed by atoms with van der Waals surface area (Å²) in [5.41, 5.74) is 16.4. The van der Waals surface area contributed by atoms with Gasteiger partial charge in [0.15, 0.2) is 0 Å². The first-order valence-corrected chi connectivity index (χ1v) is 25.6. The zero-order valence-corrected chi connectivity index (χ0v) is 39.3. The molecule has 0 radical (unpaired) electrons. The molecule has 0 aliphatic heterocycles. The quantitative estimate of drug-likeness (QED) is 0.192. The number of fused-ring (bicyclic) bond motifs is 8. The number of rotatable bonds is 5. The molecule has 0 heterocycles. The Labute approximate surface area is 358 Å². The Kier molecular flexibility index (Phi) is 10.4. The van der Waals surface area contributed by atoms with Gasteiger partial charge in [-0.15, -0.1) is 0 Å². The van der Waals surface area contributed by atoms with Crippen LogP contribution in [0.2, 0.25) is 0 Å². The van der Waals surface area contributed by atoms with Crippen molar-refractivity contribution in [3.63, 3.8) is 0 Å². The number of hydrogen-bond acceptors (Lipinski definition) is 0. The molecule has 6 atom stereocenters. The van der Waals surface area contributed by atoms with Crippen molar-refractivity contribution in [3.8, 4) is 11.1 Å². The molecule has 0 amide bonds. The second-order valence-electron chi connectivity index (χ2n) is 20.1. The maximum absolute atomic E-state index is 2.98. The van der Waals surface area contributed by atoms with Crippen LogP contribution in [0.15, 0.2) is 82.2 Å². The van der Waals surface area contributed by atoms with Crippen molar-refractivity contribution in [2.45, 2.75) is 122 Å². The van der Waals surface area contributed by atoms with Crippen LogP contribution in [0.25, 0.3) is 21.9 Å². The van der Waals surface area contributed by atoms with Crippen molar-refractivity contribution < 1.29 is 46.1 Å². The van der Waals surface area contributed by atoms with Gasteiger partial charge in [0.1, 0.15) is 0 Å². The van der Waals surface area contributed by atoms with Gasteiger partial charge in [0.25, 0.3) is 0 Å². The summed E-state index contributed by atoms with van der Waals surface area (Å²) in [5.74, 6) is 5.03. The Balaban J connectivity index is 0.00000220. The third-order valence-electron chi connectivity index (χ3n) is 17.6. The minimum Gasteiger partial charge on any atom is -1.00 e. The molecular formula is C53H62Cl2Zr. The smallest absolute Gasteiger partial charge is 1.00 e. The molecule has 7 aliphatic rings.